The fraction of sp³-hybridized carbons (Fsp3) is 0.308. The van der Waals surface area contributed by atoms with Crippen molar-refractivity contribution in [1.29, 1.82) is 0 Å². The number of anilines is 1. The summed E-state index contributed by atoms with van der Waals surface area (Å²) < 4.78 is 5.06. The van der Waals surface area contributed by atoms with Crippen LogP contribution in [-0.2, 0) is 0 Å². The van der Waals surface area contributed by atoms with Gasteiger partial charge in [-0.2, -0.15) is 0 Å². The Hall–Kier alpha value is -2.19. The zero-order chi connectivity index (χ0) is 14.8. The molecular formula is C13H14N4O3S. The largest absolute Gasteiger partial charge is 0.481 e. The number of fused-ring (bicyclic) bond motifs is 1. The minimum absolute atomic E-state index is 0.0947. The molecule has 110 valence electrons. The maximum atomic E-state index is 12.2. The van der Waals surface area contributed by atoms with E-state index in [9.17, 15) is 9.90 Å². The van der Waals surface area contributed by atoms with Crippen molar-refractivity contribution in [3.05, 3.63) is 24.3 Å². The van der Waals surface area contributed by atoms with Crippen molar-refractivity contribution in [3.8, 4) is 5.88 Å². The van der Waals surface area contributed by atoms with Crippen LogP contribution in [0.1, 0.15) is 0 Å². The van der Waals surface area contributed by atoms with Crippen molar-refractivity contribution >= 4 is 32.8 Å². The minimum Gasteiger partial charge on any atom is -0.481 e. The number of aliphatic hydroxyl groups is 1. The highest BCUT2D eigenvalue weighted by Crippen LogP contribution is 2.26. The molecule has 21 heavy (non-hydrogen) atoms. The number of pyridine rings is 1. The van der Waals surface area contributed by atoms with E-state index in [1.165, 1.54) is 11.3 Å². The third-order valence-electron chi connectivity index (χ3n) is 3.16. The Labute approximate surface area is 124 Å². The first-order chi connectivity index (χ1) is 10.2. The normalized spacial score (nSPS) is 17.4. The van der Waals surface area contributed by atoms with Crippen LogP contribution in [-0.4, -0.2) is 52.3 Å². The number of carbonyl (C=O) groups excluding carboxylic acids is 1. The lowest BCUT2D eigenvalue weighted by Gasteiger charge is -2.22. The van der Waals surface area contributed by atoms with Gasteiger partial charge in [0.1, 0.15) is 10.3 Å². The third kappa shape index (κ3) is 2.67. The van der Waals surface area contributed by atoms with Gasteiger partial charge < -0.3 is 14.7 Å². The molecule has 2 aromatic rings. The second-order valence-corrected chi connectivity index (χ2v) is 5.44. The Bertz CT molecular complexity index is 700. The SMILES string of the molecule is COc1ccc2nc(NC(=O)N3CC=CC3CO)sc2n1. The van der Waals surface area contributed by atoms with Crippen LogP contribution in [0.25, 0.3) is 10.3 Å². The Balaban J connectivity index is 1.77. The Morgan fingerprint density at radius 2 is 2.43 bits per heavy atom. The summed E-state index contributed by atoms with van der Waals surface area (Å²) in [7, 11) is 1.55. The molecule has 1 aliphatic heterocycles. The topological polar surface area (TPSA) is 87.6 Å². The molecule has 0 aliphatic carbocycles. The highest BCUT2D eigenvalue weighted by atomic mass is 32.1. The van der Waals surface area contributed by atoms with Crippen LogP contribution >= 0.6 is 11.3 Å². The number of thiazole rings is 1. The molecule has 0 saturated heterocycles. The lowest BCUT2D eigenvalue weighted by Crippen LogP contribution is -2.40. The number of nitrogens with one attached hydrogen (secondary N) is 1. The van der Waals surface area contributed by atoms with E-state index < -0.39 is 0 Å². The molecule has 1 aliphatic rings. The molecule has 7 nitrogen and oxygen atoms in total. The van der Waals surface area contributed by atoms with Crippen LogP contribution in [0.4, 0.5) is 9.93 Å². The van der Waals surface area contributed by atoms with Crippen molar-refractivity contribution in [1.82, 2.24) is 14.9 Å². The maximum absolute atomic E-state index is 12.2. The van der Waals surface area contributed by atoms with E-state index in [4.69, 9.17) is 4.74 Å². The number of aromatic nitrogens is 2. The molecule has 0 bridgehead atoms. The maximum Gasteiger partial charge on any atom is 0.324 e. The van der Waals surface area contributed by atoms with Crippen molar-refractivity contribution in [2.45, 2.75) is 6.04 Å². The average Bonchev–Trinajstić information content (AvgIpc) is 3.11. The first kappa shape index (κ1) is 13.8. The Morgan fingerprint density at radius 1 is 1.57 bits per heavy atom. The summed E-state index contributed by atoms with van der Waals surface area (Å²) in [5, 5.41) is 12.4. The number of urea groups is 1. The van der Waals surface area contributed by atoms with Gasteiger partial charge in [0.25, 0.3) is 0 Å². The molecule has 1 unspecified atom stereocenters. The monoisotopic (exact) mass is 306 g/mol. The van der Waals surface area contributed by atoms with Gasteiger partial charge in [-0.1, -0.05) is 23.5 Å². The summed E-state index contributed by atoms with van der Waals surface area (Å²) in [5.41, 5.74) is 0.703. The smallest absolute Gasteiger partial charge is 0.324 e. The second kappa shape index (κ2) is 5.66. The van der Waals surface area contributed by atoms with Gasteiger partial charge in [-0.15, -0.1) is 0 Å². The van der Waals surface area contributed by atoms with Gasteiger partial charge in [0.05, 0.1) is 19.8 Å². The quantitative estimate of drug-likeness (QED) is 0.838. The highest BCUT2D eigenvalue weighted by Gasteiger charge is 2.24. The lowest BCUT2D eigenvalue weighted by molar-refractivity contribution is 0.177. The van der Waals surface area contributed by atoms with E-state index in [1.807, 2.05) is 12.2 Å². The number of amides is 2. The molecule has 2 aromatic heterocycles. The molecule has 1 atom stereocenters. The van der Waals surface area contributed by atoms with E-state index in [0.29, 0.717) is 27.9 Å². The predicted octanol–water partition coefficient (Wildman–Crippen LogP) is 1.46. The fourth-order valence-electron chi connectivity index (χ4n) is 2.09. The van der Waals surface area contributed by atoms with Crippen molar-refractivity contribution in [2.24, 2.45) is 0 Å². The number of carbonyl (C=O) groups is 1. The number of hydrogen-bond donors (Lipinski definition) is 2. The first-order valence-corrected chi connectivity index (χ1v) is 7.19. The molecular weight excluding hydrogens is 292 g/mol. The van der Waals surface area contributed by atoms with Crippen molar-refractivity contribution in [3.63, 3.8) is 0 Å². The van der Waals surface area contributed by atoms with Crippen molar-refractivity contribution in [2.75, 3.05) is 25.6 Å². The van der Waals surface area contributed by atoms with Gasteiger partial charge >= 0.3 is 6.03 Å². The molecule has 0 fully saturated rings. The molecule has 0 spiro atoms. The summed E-state index contributed by atoms with van der Waals surface area (Å²) in [5.74, 6) is 0.508. The molecule has 0 saturated carbocycles. The predicted molar refractivity (Wildman–Crippen MR) is 79.7 cm³/mol. The molecule has 2 N–H and O–H groups in total. The fourth-order valence-corrected chi connectivity index (χ4v) is 2.91. The van der Waals surface area contributed by atoms with Gasteiger partial charge in [0.2, 0.25) is 5.88 Å². The number of ether oxygens (including phenoxy) is 1. The minimum atomic E-state index is -0.287. The van der Waals surface area contributed by atoms with Gasteiger partial charge in [0, 0.05) is 12.6 Å². The zero-order valence-corrected chi connectivity index (χ0v) is 12.1. The highest BCUT2D eigenvalue weighted by molar-refractivity contribution is 7.21. The van der Waals surface area contributed by atoms with E-state index in [2.05, 4.69) is 15.3 Å². The summed E-state index contributed by atoms with van der Waals surface area (Å²) in [6.07, 6.45) is 3.66. The van der Waals surface area contributed by atoms with E-state index in [0.717, 1.165) is 0 Å². The summed E-state index contributed by atoms with van der Waals surface area (Å²) in [6.45, 7) is 0.385. The van der Waals surface area contributed by atoms with Gasteiger partial charge in [-0.3, -0.25) is 5.32 Å². The van der Waals surface area contributed by atoms with E-state index in [1.54, 1.807) is 24.1 Å². The van der Waals surface area contributed by atoms with Gasteiger partial charge in [-0.05, 0) is 6.07 Å². The number of nitrogens with zero attached hydrogens (tertiary/aromatic N) is 3. The van der Waals surface area contributed by atoms with Crippen LogP contribution in [0, 0.1) is 0 Å². The van der Waals surface area contributed by atoms with Crippen LogP contribution in [0.5, 0.6) is 5.88 Å². The summed E-state index contributed by atoms with van der Waals surface area (Å²) in [6, 6.07) is 2.95. The summed E-state index contributed by atoms with van der Waals surface area (Å²) >= 11 is 1.28. The standard InChI is InChI=1S/C13H14N4O3S/c1-20-10-5-4-9-11(15-10)21-12(14-9)16-13(19)17-6-2-3-8(17)7-18/h2-5,8,18H,6-7H2,1H3,(H,14,16,19). The molecule has 3 rings (SSSR count). The molecule has 0 aromatic carbocycles. The first-order valence-electron chi connectivity index (χ1n) is 6.38. The van der Waals surface area contributed by atoms with E-state index in [-0.39, 0.29) is 18.7 Å². The Kier molecular flexibility index (Phi) is 3.72. The summed E-state index contributed by atoms with van der Waals surface area (Å²) in [4.78, 5) is 23.0. The zero-order valence-electron chi connectivity index (χ0n) is 11.3. The van der Waals surface area contributed by atoms with Crippen LogP contribution in [0.2, 0.25) is 0 Å². The number of hydrogen-bond acceptors (Lipinski definition) is 6. The van der Waals surface area contributed by atoms with Crippen molar-refractivity contribution < 1.29 is 14.6 Å². The Morgan fingerprint density at radius 3 is 3.19 bits per heavy atom. The average molecular weight is 306 g/mol. The van der Waals surface area contributed by atoms with Crippen LogP contribution in [0.15, 0.2) is 24.3 Å². The number of methoxy groups -OCH3 is 1. The van der Waals surface area contributed by atoms with E-state index >= 15 is 0 Å². The number of aliphatic hydroxyl groups excluding tert-OH is 1. The van der Waals surface area contributed by atoms with Gasteiger partial charge in [-0.25, -0.2) is 14.8 Å². The molecule has 0 radical (unpaired) electrons. The molecule has 2 amide bonds. The second-order valence-electron chi connectivity index (χ2n) is 4.46. The molecule has 8 heteroatoms. The van der Waals surface area contributed by atoms with Gasteiger partial charge in [0.15, 0.2) is 5.13 Å². The lowest BCUT2D eigenvalue weighted by atomic mass is 10.3. The van der Waals surface area contributed by atoms with Crippen LogP contribution in [0.3, 0.4) is 0 Å². The molecule has 3 heterocycles. The third-order valence-corrected chi connectivity index (χ3v) is 4.04. The van der Waals surface area contributed by atoms with Crippen LogP contribution < -0.4 is 10.1 Å². The number of rotatable bonds is 3.